The minimum Gasteiger partial charge on any atom is -0.493 e. The van der Waals surface area contributed by atoms with Gasteiger partial charge in [0.2, 0.25) is 0 Å². The molecule has 1 saturated carbocycles. The lowest BCUT2D eigenvalue weighted by atomic mass is 9.98. The molecule has 134 valence electrons. The number of methoxy groups -OCH3 is 1. The van der Waals surface area contributed by atoms with Gasteiger partial charge in [0.05, 0.1) is 6.61 Å². The smallest absolute Gasteiger partial charge is 0.256 e. The van der Waals surface area contributed by atoms with Crippen molar-refractivity contribution in [2.24, 2.45) is 5.92 Å². The molecule has 2 aromatic rings. The molecule has 0 radical (unpaired) electrons. The molecular weight excluding hydrogens is 314 g/mol. The van der Waals surface area contributed by atoms with E-state index in [1.807, 2.05) is 43.3 Å². The molecule has 1 aliphatic carbocycles. The molecule has 3 rings (SSSR count). The highest BCUT2D eigenvalue weighted by Gasteiger charge is 2.47. The van der Waals surface area contributed by atoms with Gasteiger partial charge in [0.15, 0.2) is 0 Å². The summed E-state index contributed by atoms with van der Waals surface area (Å²) in [5.41, 5.74) is 0.0320. The van der Waals surface area contributed by atoms with E-state index in [0.717, 1.165) is 47.9 Å². The highest BCUT2D eigenvalue weighted by atomic mass is 16.5. The average Bonchev–Trinajstić information content (AvgIpc) is 3.48. The lowest BCUT2D eigenvalue weighted by Gasteiger charge is -2.27. The second-order valence-electron chi connectivity index (χ2n) is 6.90. The standard InChI is InChI=1S/C21H27NO3/c1-4-5-14-25-19-13-12-18(16-8-6-7-9-17(16)19)22-20(23)21(2,24-3)15-10-11-15/h6-9,12-13,15H,4-5,10-11,14H2,1-3H3,(H,22,23)/t21-/m0/s1. The first-order valence-corrected chi connectivity index (χ1v) is 9.11. The van der Waals surface area contributed by atoms with Crippen molar-refractivity contribution < 1.29 is 14.3 Å². The molecule has 0 aromatic heterocycles. The lowest BCUT2D eigenvalue weighted by Crippen LogP contribution is -2.44. The molecule has 0 spiro atoms. The van der Waals surface area contributed by atoms with Crippen molar-refractivity contribution >= 4 is 22.4 Å². The number of nitrogens with one attached hydrogen (secondary N) is 1. The Kier molecular flexibility index (Phi) is 5.28. The largest absolute Gasteiger partial charge is 0.493 e. The highest BCUT2D eigenvalue weighted by Crippen LogP contribution is 2.42. The number of hydrogen-bond acceptors (Lipinski definition) is 3. The normalized spacial score (nSPS) is 16.4. The number of anilines is 1. The van der Waals surface area contributed by atoms with Crippen molar-refractivity contribution in [3.63, 3.8) is 0 Å². The van der Waals surface area contributed by atoms with Crippen molar-refractivity contribution in [2.75, 3.05) is 19.0 Å². The van der Waals surface area contributed by atoms with E-state index in [1.165, 1.54) is 0 Å². The van der Waals surface area contributed by atoms with Crippen LogP contribution in [-0.2, 0) is 9.53 Å². The van der Waals surface area contributed by atoms with Gasteiger partial charge in [-0.3, -0.25) is 4.79 Å². The molecule has 2 aromatic carbocycles. The van der Waals surface area contributed by atoms with E-state index in [1.54, 1.807) is 7.11 Å². The molecule has 1 amide bonds. The van der Waals surface area contributed by atoms with Gasteiger partial charge in [-0.2, -0.15) is 0 Å². The zero-order valence-corrected chi connectivity index (χ0v) is 15.3. The average molecular weight is 341 g/mol. The van der Waals surface area contributed by atoms with Crippen molar-refractivity contribution in [3.8, 4) is 5.75 Å². The van der Waals surface area contributed by atoms with Crippen LogP contribution in [0.3, 0.4) is 0 Å². The van der Waals surface area contributed by atoms with Crippen molar-refractivity contribution in [2.45, 2.75) is 45.1 Å². The summed E-state index contributed by atoms with van der Waals surface area (Å²) in [6, 6.07) is 11.9. The number of ether oxygens (including phenoxy) is 2. The summed E-state index contributed by atoms with van der Waals surface area (Å²) in [6.45, 7) is 4.73. The van der Waals surface area contributed by atoms with E-state index in [2.05, 4.69) is 12.2 Å². The first-order chi connectivity index (χ1) is 12.1. The molecule has 0 bridgehead atoms. The topological polar surface area (TPSA) is 47.6 Å². The van der Waals surface area contributed by atoms with E-state index in [4.69, 9.17) is 9.47 Å². The number of carbonyl (C=O) groups is 1. The third-order valence-corrected chi connectivity index (χ3v) is 5.12. The molecule has 25 heavy (non-hydrogen) atoms. The summed E-state index contributed by atoms with van der Waals surface area (Å²) >= 11 is 0. The Hall–Kier alpha value is -2.07. The summed E-state index contributed by atoms with van der Waals surface area (Å²) in [7, 11) is 1.61. The predicted octanol–water partition coefficient (Wildman–Crippen LogP) is 4.77. The summed E-state index contributed by atoms with van der Waals surface area (Å²) in [6.07, 6.45) is 4.22. The molecule has 0 aliphatic heterocycles. The second-order valence-corrected chi connectivity index (χ2v) is 6.90. The van der Waals surface area contributed by atoms with Crippen LogP contribution in [0.5, 0.6) is 5.75 Å². The van der Waals surface area contributed by atoms with Crippen LogP contribution < -0.4 is 10.1 Å². The molecule has 0 saturated heterocycles. The predicted molar refractivity (Wildman–Crippen MR) is 101 cm³/mol. The number of hydrogen-bond donors (Lipinski definition) is 1. The molecule has 4 heteroatoms. The van der Waals surface area contributed by atoms with Crippen LogP contribution in [0.2, 0.25) is 0 Å². The van der Waals surface area contributed by atoms with Gasteiger partial charge in [0.25, 0.3) is 5.91 Å². The van der Waals surface area contributed by atoms with Gasteiger partial charge < -0.3 is 14.8 Å². The summed E-state index contributed by atoms with van der Waals surface area (Å²) in [5.74, 6) is 1.08. The van der Waals surface area contributed by atoms with Crippen LogP contribution in [0.1, 0.15) is 39.5 Å². The van der Waals surface area contributed by atoms with E-state index in [9.17, 15) is 4.79 Å². The van der Waals surface area contributed by atoms with Gasteiger partial charge >= 0.3 is 0 Å². The Labute approximate surface area is 149 Å². The van der Waals surface area contributed by atoms with E-state index in [0.29, 0.717) is 12.5 Å². The van der Waals surface area contributed by atoms with Gasteiger partial charge in [0, 0.05) is 23.6 Å². The highest BCUT2D eigenvalue weighted by molar-refractivity contribution is 6.06. The molecule has 1 fully saturated rings. The third-order valence-electron chi connectivity index (χ3n) is 5.12. The van der Waals surface area contributed by atoms with Gasteiger partial charge in [0.1, 0.15) is 11.4 Å². The summed E-state index contributed by atoms with van der Waals surface area (Å²) < 4.78 is 11.5. The first kappa shape index (κ1) is 17.7. The number of rotatable bonds is 8. The number of amides is 1. The molecular formula is C21H27NO3. The zero-order chi connectivity index (χ0) is 17.9. The molecule has 0 unspecified atom stereocenters. The van der Waals surface area contributed by atoms with Crippen molar-refractivity contribution in [3.05, 3.63) is 36.4 Å². The minimum absolute atomic E-state index is 0.0812. The Morgan fingerprint density at radius 2 is 1.92 bits per heavy atom. The lowest BCUT2D eigenvalue weighted by molar-refractivity contribution is -0.138. The fourth-order valence-corrected chi connectivity index (χ4v) is 3.16. The number of fused-ring (bicyclic) bond motifs is 1. The van der Waals surface area contributed by atoms with Gasteiger partial charge in [-0.25, -0.2) is 0 Å². The zero-order valence-electron chi connectivity index (χ0n) is 15.3. The Morgan fingerprint density at radius 3 is 2.56 bits per heavy atom. The van der Waals surface area contributed by atoms with Gasteiger partial charge in [-0.1, -0.05) is 37.6 Å². The number of benzene rings is 2. The Balaban J connectivity index is 1.87. The van der Waals surface area contributed by atoms with Crippen molar-refractivity contribution in [1.82, 2.24) is 0 Å². The maximum Gasteiger partial charge on any atom is 0.256 e. The maximum absolute atomic E-state index is 12.8. The van der Waals surface area contributed by atoms with Crippen LogP contribution >= 0.6 is 0 Å². The Morgan fingerprint density at radius 1 is 1.20 bits per heavy atom. The monoisotopic (exact) mass is 341 g/mol. The molecule has 1 aliphatic rings. The van der Waals surface area contributed by atoms with Crippen LogP contribution in [0.4, 0.5) is 5.69 Å². The quantitative estimate of drug-likeness (QED) is 0.703. The van der Waals surface area contributed by atoms with E-state index < -0.39 is 5.60 Å². The molecule has 0 heterocycles. The second kappa shape index (κ2) is 7.44. The maximum atomic E-state index is 12.8. The molecule has 1 N–H and O–H groups in total. The van der Waals surface area contributed by atoms with Crippen LogP contribution in [-0.4, -0.2) is 25.2 Å². The number of unbranched alkanes of at least 4 members (excludes halogenated alkanes) is 1. The molecule has 4 nitrogen and oxygen atoms in total. The van der Waals surface area contributed by atoms with Crippen LogP contribution in [0.15, 0.2) is 36.4 Å². The summed E-state index contributed by atoms with van der Waals surface area (Å²) in [4.78, 5) is 12.8. The minimum atomic E-state index is -0.766. The third kappa shape index (κ3) is 3.64. The van der Waals surface area contributed by atoms with Gasteiger partial charge in [-0.05, 0) is 44.2 Å². The van der Waals surface area contributed by atoms with E-state index >= 15 is 0 Å². The summed E-state index contributed by atoms with van der Waals surface area (Å²) in [5, 5.41) is 5.07. The SMILES string of the molecule is CCCCOc1ccc(NC(=O)[C@@](C)(OC)C2CC2)c2ccccc12. The van der Waals surface area contributed by atoms with Crippen LogP contribution in [0.25, 0.3) is 10.8 Å². The number of carbonyl (C=O) groups excluding carboxylic acids is 1. The van der Waals surface area contributed by atoms with Crippen molar-refractivity contribution in [1.29, 1.82) is 0 Å². The van der Waals surface area contributed by atoms with Gasteiger partial charge in [-0.15, -0.1) is 0 Å². The molecule has 1 atom stereocenters. The fraction of sp³-hybridized carbons (Fsp3) is 0.476. The fourth-order valence-electron chi connectivity index (χ4n) is 3.16. The Bertz CT molecular complexity index is 754. The van der Waals surface area contributed by atoms with E-state index in [-0.39, 0.29) is 5.91 Å². The first-order valence-electron chi connectivity index (χ1n) is 9.11. The van der Waals surface area contributed by atoms with Crippen LogP contribution in [0, 0.1) is 5.92 Å².